The number of fused-ring (bicyclic) bond motifs is 1. The number of hydrogen-bond donors (Lipinski definition) is 1. The van der Waals surface area contributed by atoms with Crippen LogP contribution in [-0.2, 0) is 11.3 Å². The lowest BCUT2D eigenvalue weighted by Gasteiger charge is -2.33. The normalized spacial score (nSPS) is 19.1. The SMILES string of the molecule is CC(=O)NC1CCN(c2nc(CN3CCCC3)nc3sc(C)c(C)c23)CC1. The Labute approximate surface area is 165 Å². The average Bonchev–Trinajstić information content (AvgIpc) is 3.23. The number of aryl methyl sites for hydroxylation is 2. The quantitative estimate of drug-likeness (QED) is 0.874. The van der Waals surface area contributed by atoms with Crippen LogP contribution in [0.5, 0.6) is 0 Å². The summed E-state index contributed by atoms with van der Waals surface area (Å²) in [6.45, 7) is 11.0. The molecule has 0 atom stereocenters. The highest BCUT2D eigenvalue weighted by molar-refractivity contribution is 7.18. The molecule has 7 heteroatoms. The summed E-state index contributed by atoms with van der Waals surface area (Å²) in [6, 6.07) is 0.283. The van der Waals surface area contributed by atoms with Crippen LogP contribution in [0.3, 0.4) is 0 Å². The molecular weight excluding hydrogens is 358 g/mol. The first-order valence-corrected chi connectivity index (χ1v) is 10.8. The number of nitrogens with zero attached hydrogens (tertiary/aromatic N) is 4. The summed E-state index contributed by atoms with van der Waals surface area (Å²) in [5.74, 6) is 2.11. The maximum absolute atomic E-state index is 11.3. The molecule has 27 heavy (non-hydrogen) atoms. The molecular formula is C20H29N5OS. The molecule has 0 aliphatic carbocycles. The molecule has 0 saturated carbocycles. The van der Waals surface area contributed by atoms with Crippen LogP contribution < -0.4 is 10.2 Å². The van der Waals surface area contributed by atoms with E-state index >= 15 is 0 Å². The number of carbonyl (C=O) groups excluding carboxylic acids is 1. The Bertz CT molecular complexity index is 834. The van der Waals surface area contributed by atoms with Crippen LogP contribution in [0.25, 0.3) is 10.2 Å². The molecule has 0 bridgehead atoms. The van der Waals surface area contributed by atoms with E-state index in [-0.39, 0.29) is 11.9 Å². The van der Waals surface area contributed by atoms with Crippen molar-refractivity contribution >= 4 is 33.3 Å². The first-order valence-electron chi connectivity index (χ1n) is 10.0. The number of rotatable bonds is 4. The summed E-state index contributed by atoms with van der Waals surface area (Å²) in [6.07, 6.45) is 4.50. The molecule has 4 rings (SSSR count). The summed E-state index contributed by atoms with van der Waals surface area (Å²) >= 11 is 1.78. The fourth-order valence-electron chi connectivity index (χ4n) is 4.23. The van der Waals surface area contributed by atoms with Crippen molar-refractivity contribution in [1.82, 2.24) is 20.2 Å². The molecule has 146 valence electrons. The number of carbonyl (C=O) groups is 1. The van der Waals surface area contributed by atoms with Gasteiger partial charge in [-0.25, -0.2) is 9.97 Å². The van der Waals surface area contributed by atoms with Crippen molar-refractivity contribution in [1.29, 1.82) is 0 Å². The Morgan fingerprint density at radius 1 is 1.15 bits per heavy atom. The van der Waals surface area contributed by atoms with Crippen LogP contribution in [0.4, 0.5) is 5.82 Å². The van der Waals surface area contributed by atoms with Gasteiger partial charge >= 0.3 is 0 Å². The number of aromatic nitrogens is 2. The van der Waals surface area contributed by atoms with Gasteiger partial charge < -0.3 is 10.2 Å². The molecule has 2 aromatic heterocycles. The molecule has 0 spiro atoms. The van der Waals surface area contributed by atoms with E-state index in [1.807, 2.05) is 0 Å². The smallest absolute Gasteiger partial charge is 0.217 e. The van der Waals surface area contributed by atoms with E-state index in [0.717, 1.165) is 62.0 Å². The van der Waals surface area contributed by atoms with E-state index in [1.165, 1.54) is 28.7 Å². The minimum absolute atomic E-state index is 0.0649. The van der Waals surface area contributed by atoms with E-state index in [4.69, 9.17) is 9.97 Å². The molecule has 0 aromatic carbocycles. The van der Waals surface area contributed by atoms with Crippen LogP contribution in [0.2, 0.25) is 0 Å². The molecule has 6 nitrogen and oxygen atoms in total. The van der Waals surface area contributed by atoms with Gasteiger partial charge in [0.2, 0.25) is 5.91 Å². The Morgan fingerprint density at radius 2 is 1.85 bits per heavy atom. The molecule has 4 heterocycles. The molecule has 2 aromatic rings. The maximum atomic E-state index is 11.3. The van der Waals surface area contributed by atoms with Gasteiger partial charge in [-0.1, -0.05) is 0 Å². The second-order valence-corrected chi connectivity index (χ2v) is 9.08. The van der Waals surface area contributed by atoms with Gasteiger partial charge in [-0.3, -0.25) is 9.69 Å². The number of nitrogens with one attached hydrogen (secondary N) is 1. The van der Waals surface area contributed by atoms with E-state index < -0.39 is 0 Å². The lowest BCUT2D eigenvalue weighted by molar-refractivity contribution is -0.119. The molecule has 2 saturated heterocycles. The Kier molecular flexibility index (Phi) is 5.32. The summed E-state index contributed by atoms with van der Waals surface area (Å²) in [7, 11) is 0. The third kappa shape index (κ3) is 3.94. The largest absolute Gasteiger partial charge is 0.356 e. The minimum atomic E-state index is 0.0649. The Hall–Kier alpha value is -1.73. The van der Waals surface area contributed by atoms with Crippen LogP contribution >= 0.6 is 11.3 Å². The maximum Gasteiger partial charge on any atom is 0.217 e. The summed E-state index contributed by atoms with van der Waals surface area (Å²) in [5.41, 5.74) is 1.31. The van der Waals surface area contributed by atoms with Crippen molar-refractivity contribution < 1.29 is 4.79 Å². The van der Waals surface area contributed by atoms with Crippen molar-refractivity contribution in [3.8, 4) is 0 Å². The van der Waals surface area contributed by atoms with E-state index in [0.29, 0.717) is 0 Å². The summed E-state index contributed by atoms with van der Waals surface area (Å²) < 4.78 is 0. The van der Waals surface area contributed by atoms with Crippen molar-refractivity contribution in [2.24, 2.45) is 0 Å². The van der Waals surface area contributed by atoms with Crippen molar-refractivity contribution in [2.75, 3.05) is 31.1 Å². The third-order valence-electron chi connectivity index (χ3n) is 5.82. The molecule has 0 unspecified atom stereocenters. The average molecular weight is 388 g/mol. The number of likely N-dealkylation sites (tertiary alicyclic amines) is 1. The number of amides is 1. The van der Waals surface area contributed by atoms with Crippen molar-refractivity contribution in [3.05, 3.63) is 16.3 Å². The zero-order valence-corrected chi connectivity index (χ0v) is 17.4. The summed E-state index contributed by atoms with van der Waals surface area (Å²) in [4.78, 5) is 28.6. The predicted octanol–water partition coefficient (Wildman–Crippen LogP) is 3.01. The third-order valence-corrected chi connectivity index (χ3v) is 6.92. The van der Waals surface area contributed by atoms with Crippen molar-refractivity contribution in [2.45, 2.75) is 59.0 Å². The highest BCUT2D eigenvalue weighted by Gasteiger charge is 2.25. The molecule has 2 fully saturated rings. The van der Waals surface area contributed by atoms with Crippen LogP contribution in [-0.4, -0.2) is 53.0 Å². The fourth-order valence-corrected chi connectivity index (χ4v) is 5.28. The summed E-state index contributed by atoms with van der Waals surface area (Å²) in [5, 5.41) is 4.29. The Balaban J connectivity index is 1.62. The molecule has 1 N–H and O–H groups in total. The van der Waals surface area contributed by atoms with Gasteiger partial charge in [-0.15, -0.1) is 11.3 Å². The van der Waals surface area contributed by atoms with Crippen LogP contribution in [0.1, 0.15) is 48.9 Å². The molecule has 0 radical (unpaired) electrons. The highest BCUT2D eigenvalue weighted by atomic mass is 32.1. The molecule has 1 amide bonds. The second kappa shape index (κ2) is 7.72. The van der Waals surface area contributed by atoms with E-state index in [9.17, 15) is 4.79 Å². The predicted molar refractivity (Wildman–Crippen MR) is 110 cm³/mol. The standard InChI is InChI=1S/C20H29N5OS/c1-13-14(2)27-20-18(13)19(22-17(23-20)12-24-8-4-5-9-24)25-10-6-16(7-11-25)21-15(3)26/h16H,4-12H2,1-3H3,(H,21,26). The lowest BCUT2D eigenvalue weighted by atomic mass is 10.0. The zero-order chi connectivity index (χ0) is 19.0. The van der Waals surface area contributed by atoms with Gasteiger partial charge in [0, 0.05) is 30.9 Å². The van der Waals surface area contributed by atoms with Gasteiger partial charge in [0.05, 0.1) is 11.9 Å². The van der Waals surface area contributed by atoms with Gasteiger partial charge in [0.1, 0.15) is 16.5 Å². The van der Waals surface area contributed by atoms with Gasteiger partial charge in [0.25, 0.3) is 0 Å². The number of thiophene rings is 1. The van der Waals surface area contributed by atoms with Crippen molar-refractivity contribution in [3.63, 3.8) is 0 Å². The van der Waals surface area contributed by atoms with Gasteiger partial charge in [-0.05, 0) is 58.2 Å². The van der Waals surface area contributed by atoms with Crippen LogP contribution in [0.15, 0.2) is 0 Å². The highest BCUT2D eigenvalue weighted by Crippen LogP contribution is 2.36. The molecule has 2 aliphatic heterocycles. The molecule has 2 aliphatic rings. The van der Waals surface area contributed by atoms with Gasteiger partial charge in [0.15, 0.2) is 0 Å². The zero-order valence-electron chi connectivity index (χ0n) is 16.5. The number of piperidine rings is 1. The number of anilines is 1. The first kappa shape index (κ1) is 18.6. The monoisotopic (exact) mass is 387 g/mol. The second-order valence-electron chi connectivity index (χ2n) is 7.87. The lowest BCUT2D eigenvalue weighted by Crippen LogP contribution is -2.44. The topological polar surface area (TPSA) is 61.4 Å². The van der Waals surface area contributed by atoms with Gasteiger partial charge in [-0.2, -0.15) is 0 Å². The Morgan fingerprint density at radius 3 is 2.52 bits per heavy atom. The van der Waals surface area contributed by atoms with E-state index in [2.05, 4.69) is 29.0 Å². The minimum Gasteiger partial charge on any atom is -0.356 e. The first-order chi connectivity index (χ1) is 13.0. The number of hydrogen-bond acceptors (Lipinski definition) is 6. The van der Waals surface area contributed by atoms with Crippen LogP contribution in [0, 0.1) is 13.8 Å². The fraction of sp³-hybridized carbons (Fsp3) is 0.650. The van der Waals surface area contributed by atoms with E-state index in [1.54, 1.807) is 18.3 Å².